The number of anilines is 1. The van der Waals surface area contributed by atoms with Gasteiger partial charge in [0, 0.05) is 6.61 Å². The smallest absolute Gasteiger partial charge is 0.335 e. The van der Waals surface area contributed by atoms with Crippen molar-refractivity contribution in [3.8, 4) is 0 Å². The summed E-state index contributed by atoms with van der Waals surface area (Å²) >= 11 is 5.95. The zero-order valence-electron chi connectivity index (χ0n) is 11.6. The Bertz CT molecular complexity index is 544. The predicted molar refractivity (Wildman–Crippen MR) is 79.0 cm³/mol. The van der Waals surface area contributed by atoms with E-state index in [1.165, 1.54) is 18.2 Å². The van der Waals surface area contributed by atoms with E-state index in [-0.39, 0.29) is 22.7 Å². The fourth-order valence-electron chi connectivity index (χ4n) is 2.20. The standard InChI is InChI=1S/C14H17ClN2O4/c1-8(12-3-2-6-21-12)16-14(20)17-11-5-4-9(13(18)19)7-10(11)15/h4-5,7-8,12H,2-3,6H2,1H3,(H,18,19)(H2,16,17,20). The first-order valence-corrected chi connectivity index (χ1v) is 7.07. The van der Waals surface area contributed by atoms with E-state index in [0.717, 1.165) is 19.4 Å². The minimum absolute atomic E-state index is 0.0283. The second kappa shape index (κ2) is 6.78. The highest BCUT2D eigenvalue weighted by molar-refractivity contribution is 6.34. The molecule has 1 fully saturated rings. The lowest BCUT2D eigenvalue weighted by Gasteiger charge is -2.20. The molecule has 114 valence electrons. The maximum absolute atomic E-state index is 11.9. The van der Waals surface area contributed by atoms with Gasteiger partial charge < -0.3 is 20.5 Å². The van der Waals surface area contributed by atoms with E-state index in [9.17, 15) is 9.59 Å². The molecule has 0 spiro atoms. The zero-order valence-corrected chi connectivity index (χ0v) is 12.3. The largest absolute Gasteiger partial charge is 0.478 e. The first kappa shape index (κ1) is 15.6. The molecule has 2 atom stereocenters. The monoisotopic (exact) mass is 312 g/mol. The molecule has 1 heterocycles. The normalized spacial score (nSPS) is 19.0. The maximum atomic E-state index is 11.9. The minimum Gasteiger partial charge on any atom is -0.478 e. The number of benzene rings is 1. The van der Waals surface area contributed by atoms with Gasteiger partial charge in [-0.05, 0) is 38.0 Å². The van der Waals surface area contributed by atoms with Crippen molar-refractivity contribution in [3.05, 3.63) is 28.8 Å². The molecule has 2 unspecified atom stereocenters. The van der Waals surface area contributed by atoms with Crippen molar-refractivity contribution in [2.24, 2.45) is 0 Å². The van der Waals surface area contributed by atoms with Crippen LogP contribution in [0.5, 0.6) is 0 Å². The van der Waals surface area contributed by atoms with Crippen molar-refractivity contribution in [1.82, 2.24) is 5.32 Å². The van der Waals surface area contributed by atoms with Crippen molar-refractivity contribution >= 4 is 29.3 Å². The lowest BCUT2D eigenvalue weighted by atomic mass is 10.1. The summed E-state index contributed by atoms with van der Waals surface area (Å²) in [7, 11) is 0. The highest BCUT2D eigenvalue weighted by atomic mass is 35.5. The lowest BCUT2D eigenvalue weighted by molar-refractivity contribution is 0.0697. The SMILES string of the molecule is CC(NC(=O)Nc1ccc(C(=O)O)cc1Cl)C1CCCO1. The maximum Gasteiger partial charge on any atom is 0.335 e. The summed E-state index contributed by atoms with van der Waals surface area (Å²) in [5.74, 6) is -1.07. The number of ether oxygens (including phenoxy) is 1. The molecular formula is C14H17ClN2O4. The lowest BCUT2D eigenvalue weighted by Crippen LogP contribution is -2.43. The topological polar surface area (TPSA) is 87.7 Å². The summed E-state index contributed by atoms with van der Waals surface area (Å²) < 4.78 is 5.50. The molecule has 1 saturated heterocycles. The fraction of sp³-hybridized carbons (Fsp3) is 0.429. The van der Waals surface area contributed by atoms with Crippen LogP contribution in [0.3, 0.4) is 0 Å². The molecule has 7 heteroatoms. The van der Waals surface area contributed by atoms with Crippen molar-refractivity contribution in [2.45, 2.75) is 31.9 Å². The number of hydrogen-bond acceptors (Lipinski definition) is 3. The number of hydrogen-bond donors (Lipinski definition) is 3. The second-order valence-corrected chi connectivity index (χ2v) is 5.35. The van der Waals surface area contributed by atoms with Crippen LogP contribution in [-0.4, -0.2) is 35.9 Å². The van der Waals surface area contributed by atoms with E-state index in [4.69, 9.17) is 21.4 Å². The van der Waals surface area contributed by atoms with Gasteiger partial charge in [0.05, 0.1) is 28.4 Å². The van der Waals surface area contributed by atoms with Gasteiger partial charge in [0.1, 0.15) is 0 Å². The van der Waals surface area contributed by atoms with E-state index in [1.54, 1.807) is 0 Å². The van der Waals surface area contributed by atoms with Crippen LogP contribution >= 0.6 is 11.6 Å². The first-order chi connectivity index (χ1) is 9.97. The number of carboxylic acid groups (broad SMARTS) is 1. The number of urea groups is 1. The number of carbonyl (C=O) groups is 2. The van der Waals surface area contributed by atoms with Crippen molar-refractivity contribution < 1.29 is 19.4 Å². The number of amides is 2. The van der Waals surface area contributed by atoms with Crippen LogP contribution in [0.4, 0.5) is 10.5 Å². The summed E-state index contributed by atoms with van der Waals surface area (Å²) in [5, 5.41) is 14.4. The molecule has 0 saturated carbocycles. The quantitative estimate of drug-likeness (QED) is 0.797. The van der Waals surface area contributed by atoms with Gasteiger partial charge in [-0.2, -0.15) is 0 Å². The van der Waals surface area contributed by atoms with Crippen LogP contribution in [0.2, 0.25) is 5.02 Å². The average molecular weight is 313 g/mol. The Morgan fingerprint density at radius 2 is 2.24 bits per heavy atom. The van der Waals surface area contributed by atoms with E-state index in [0.29, 0.717) is 5.69 Å². The Morgan fingerprint density at radius 1 is 1.48 bits per heavy atom. The fourth-order valence-corrected chi connectivity index (χ4v) is 2.43. The summed E-state index contributed by atoms with van der Waals surface area (Å²) in [5.41, 5.74) is 0.428. The van der Waals surface area contributed by atoms with Crippen LogP contribution in [0, 0.1) is 0 Å². The van der Waals surface area contributed by atoms with Gasteiger partial charge in [0.2, 0.25) is 0 Å². The highest BCUT2D eigenvalue weighted by Crippen LogP contribution is 2.23. The molecule has 1 aromatic carbocycles. The van der Waals surface area contributed by atoms with E-state index >= 15 is 0 Å². The van der Waals surface area contributed by atoms with Gasteiger partial charge >= 0.3 is 12.0 Å². The van der Waals surface area contributed by atoms with E-state index in [1.807, 2.05) is 6.92 Å². The molecule has 2 rings (SSSR count). The molecule has 0 radical (unpaired) electrons. The van der Waals surface area contributed by atoms with Crippen molar-refractivity contribution in [1.29, 1.82) is 0 Å². The molecule has 0 bridgehead atoms. The Hall–Kier alpha value is -1.79. The van der Waals surface area contributed by atoms with Gasteiger partial charge in [0.25, 0.3) is 0 Å². The van der Waals surface area contributed by atoms with Crippen molar-refractivity contribution in [2.75, 3.05) is 11.9 Å². The van der Waals surface area contributed by atoms with Crippen LogP contribution in [0.25, 0.3) is 0 Å². The number of carboxylic acids is 1. The first-order valence-electron chi connectivity index (χ1n) is 6.69. The predicted octanol–water partition coefficient (Wildman–Crippen LogP) is 2.73. The average Bonchev–Trinajstić information content (AvgIpc) is 2.94. The van der Waals surface area contributed by atoms with Crippen LogP contribution in [0.15, 0.2) is 18.2 Å². The summed E-state index contributed by atoms with van der Waals surface area (Å²) in [4.78, 5) is 22.7. The third-order valence-corrected chi connectivity index (χ3v) is 3.66. The van der Waals surface area contributed by atoms with Gasteiger partial charge in [-0.3, -0.25) is 0 Å². The molecular weight excluding hydrogens is 296 g/mol. The summed E-state index contributed by atoms with van der Waals surface area (Å²) in [6, 6.07) is 3.63. The Labute approximate surface area is 127 Å². The molecule has 1 aliphatic rings. The molecule has 21 heavy (non-hydrogen) atoms. The van der Waals surface area contributed by atoms with Crippen molar-refractivity contribution in [3.63, 3.8) is 0 Å². The second-order valence-electron chi connectivity index (χ2n) is 4.94. The zero-order chi connectivity index (χ0) is 15.4. The van der Waals surface area contributed by atoms with Crippen LogP contribution in [-0.2, 0) is 4.74 Å². The summed E-state index contributed by atoms with van der Waals surface area (Å²) in [6.45, 7) is 2.60. The van der Waals surface area contributed by atoms with E-state index in [2.05, 4.69) is 10.6 Å². The number of aromatic carboxylic acids is 1. The van der Waals surface area contributed by atoms with Crippen LogP contribution < -0.4 is 10.6 Å². The number of rotatable bonds is 4. The molecule has 0 aliphatic carbocycles. The Morgan fingerprint density at radius 3 is 2.81 bits per heavy atom. The minimum atomic E-state index is -1.07. The van der Waals surface area contributed by atoms with Gasteiger partial charge in [-0.15, -0.1) is 0 Å². The summed E-state index contributed by atoms with van der Waals surface area (Å²) in [6.07, 6.45) is 1.96. The molecule has 1 aliphatic heterocycles. The third kappa shape index (κ3) is 4.09. The van der Waals surface area contributed by atoms with Gasteiger partial charge in [-0.25, -0.2) is 9.59 Å². The molecule has 1 aromatic rings. The third-order valence-electron chi connectivity index (χ3n) is 3.35. The molecule has 2 amide bonds. The Kier molecular flexibility index (Phi) is 5.03. The van der Waals surface area contributed by atoms with Gasteiger partial charge in [0.15, 0.2) is 0 Å². The van der Waals surface area contributed by atoms with Crippen LogP contribution in [0.1, 0.15) is 30.1 Å². The number of nitrogens with one attached hydrogen (secondary N) is 2. The molecule has 6 nitrogen and oxygen atoms in total. The number of carbonyl (C=O) groups excluding carboxylic acids is 1. The van der Waals surface area contributed by atoms with Gasteiger partial charge in [-0.1, -0.05) is 11.6 Å². The molecule has 3 N–H and O–H groups in total. The van der Waals surface area contributed by atoms with E-state index < -0.39 is 12.0 Å². The Balaban J connectivity index is 1.94. The molecule has 0 aromatic heterocycles. The highest BCUT2D eigenvalue weighted by Gasteiger charge is 2.23. The number of halogens is 1.